The van der Waals surface area contributed by atoms with Gasteiger partial charge in [-0.05, 0) is 65.8 Å². The Morgan fingerprint density at radius 3 is 2.77 bits per heavy atom. The normalized spacial score (nSPS) is 13.5. The largest absolute Gasteiger partial charge is 0.497 e. The Kier molecular flexibility index (Phi) is 4.74. The lowest BCUT2D eigenvalue weighted by atomic mass is 9.99. The van der Waals surface area contributed by atoms with Crippen LogP contribution in [0.4, 0.5) is 0 Å². The zero-order valence-electron chi connectivity index (χ0n) is 17.6. The number of aryl methyl sites for hydroxylation is 1. The van der Waals surface area contributed by atoms with Gasteiger partial charge in [0.2, 0.25) is 0 Å². The molecular formula is C26H24N2O3. The average molecular weight is 412 g/mol. The van der Waals surface area contributed by atoms with E-state index in [-0.39, 0.29) is 0 Å². The second-order valence-corrected chi connectivity index (χ2v) is 8.26. The number of benzene rings is 2. The maximum absolute atomic E-state index is 11.9. The van der Waals surface area contributed by atoms with E-state index in [4.69, 9.17) is 4.74 Å². The van der Waals surface area contributed by atoms with E-state index in [1.54, 1.807) is 7.11 Å². The molecule has 0 spiro atoms. The van der Waals surface area contributed by atoms with Gasteiger partial charge in [-0.2, -0.15) is 0 Å². The van der Waals surface area contributed by atoms with Crippen LogP contribution >= 0.6 is 0 Å². The number of carbonyl (C=O) groups is 1. The van der Waals surface area contributed by atoms with Crippen molar-refractivity contribution in [2.45, 2.75) is 25.2 Å². The fourth-order valence-electron chi connectivity index (χ4n) is 4.24. The van der Waals surface area contributed by atoms with Crippen molar-refractivity contribution in [3.05, 3.63) is 83.3 Å². The van der Waals surface area contributed by atoms with Crippen LogP contribution in [0.1, 0.15) is 45.9 Å². The molecule has 0 bridgehead atoms. The number of aromatic carboxylic acids is 1. The fraction of sp³-hybridized carbons (Fsp3) is 0.231. The molecule has 0 aliphatic heterocycles. The summed E-state index contributed by atoms with van der Waals surface area (Å²) in [4.78, 5) is 16.4. The third kappa shape index (κ3) is 3.67. The van der Waals surface area contributed by atoms with Crippen LogP contribution in [-0.2, 0) is 13.5 Å². The van der Waals surface area contributed by atoms with Crippen molar-refractivity contribution in [2.24, 2.45) is 7.05 Å². The van der Waals surface area contributed by atoms with Crippen molar-refractivity contribution in [3.8, 4) is 16.9 Å². The Labute approximate surface area is 180 Å². The van der Waals surface area contributed by atoms with Crippen molar-refractivity contribution in [1.29, 1.82) is 0 Å². The molecule has 5 heteroatoms. The van der Waals surface area contributed by atoms with E-state index in [2.05, 4.69) is 40.0 Å². The van der Waals surface area contributed by atoms with Crippen LogP contribution in [0.5, 0.6) is 5.75 Å². The SMILES string of the molecule is COc1cccc(-c2cn(C)c3ccc(Cc4ncc(C5CC5)cc4C(=O)O)cc23)c1. The third-order valence-corrected chi connectivity index (χ3v) is 6.08. The van der Waals surface area contributed by atoms with Crippen molar-refractivity contribution in [3.63, 3.8) is 0 Å². The first-order valence-corrected chi connectivity index (χ1v) is 10.5. The molecule has 0 saturated heterocycles. The zero-order chi connectivity index (χ0) is 21.5. The first kappa shape index (κ1) is 19.4. The number of ether oxygens (including phenoxy) is 1. The highest BCUT2D eigenvalue weighted by Crippen LogP contribution is 2.40. The molecule has 1 aliphatic rings. The van der Waals surface area contributed by atoms with Crippen molar-refractivity contribution < 1.29 is 14.6 Å². The smallest absolute Gasteiger partial charge is 0.337 e. The van der Waals surface area contributed by atoms with Gasteiger partial charge in [0.1, 0.15) is 5.75 Å². The molecule has 31 heavy (non-hydrogen) atoms. The predicted molar refractivity (Wildman–Crippen MR) is 121 cm³/mol. The second kappa shape index (κ2) is 7.58. The number of carboxylic acid groups (broad SMARTS) is 1. The van der Waals surface area contributed by atoms with E-state index in [1.807, 2.05) is 37.5 Å². The molecule has 2 heterocycles. The van der Waals surface area contributed by atoms with Crippen LogP contribution < -0.4 is 4.74 Å². The summed E-state index contributed by atoms with van der Waals surface area (Å²) < 4.78 is 7.50. The van der Waals surface area contributed by atoms with Gasteiger partial charge >= 0.3 is 5.97 Å². The van der Waals surface area contributed by atoms with Gasteiger partial charge in [-0.1, -0.05) is 18.2 Å². The van der Waals surface area contributed by atoms with Crippen LogP contribution in [-0.4, -0.2) is 27.7 Å². The number of carboxylic acids is 1. The Balaban J connectivity index is 1.55. The Morgan fingerprint density at radius 2 is 2.03 bits per heavy atom. The summed E-state index contributed by atoms with van der Waals surface area (Å²) >= 11 is 0. The number of pyridine rings is 1. The van der Waals surface area contributed by atoms with E-state index in [0.29, 0.717) is 23.6 Å². The van der Waals surface area contributed by atoms with Crippen molar-refractivity contribution in [1.82, 2.24) is 9.55 Å². The van der Waals surface area contributed by atoms with Crippen molar-refractivity contribution >= 4 is 16.9 Å². The average Bonchev–Trinajstić information content (AvgIpc) is 3.58. The van der Waals surface area contributed by atoms with E-state index in [9.17, 15) is 9.90 Å². The monoisotopic (exact) mass is 412 g/mol. The number of aromatic nitrogens is 2. The van der Waals surface area contributed by atoms with Crippen LogP contribution in [0.2, 0.25) is 0 Å². The van der Waals surface area contributed by atoms with Gasteiger partial charge < -0.3 is 14.4 Å². The summed E-state index contributed by atoms with van der Waals surface area (Å²) in [5.74, 6) is 0.380. The van der Waals surface area contributed by atoms with Crippen LogP contribution in [0, 0.1) is 0 Å². The lowest BCUT2D eigenvalue weighted by molar-refractivity contribution is 0.0695. The number of fused-ring (bicyclic) bond motifs is 1. The topological polar surface area (TPSA) is 64.4 Å². The molecule has 2 aromatic heterocycles. The molecule has 1 N–H and O–H groups in total. The minimum atomic E-state index is -0.914. The molecule has 0 unspecified atom stereocenters. The molecule has 5 nitrogen and oxygen atoms in total. The molecule has 0 atom stereocenters. The number of hydrogen-bond acceptors (Lipinski definition) is 3. The first-order valence-electron chi connectivity index (χ1n) is 10.5. The lowest BCUT2D eigenvalue weighted by Gasteiger charge is -2.09. The zero-order valence-corrected chi connectivity index (χ0v) is 17.6. The van der Waals surface area contributed by atoms with Crippen LogP contribution in [0.3, 0.4) is 0 Å². The number of rotatable bonds is 6. The Morgan fingerprint density at radius 1 is 1.19 bits per heavy atom. The van der Waals surface area contributed by atoms with E-state index in [0.717, 1.165) is 51.7 Å². The molecule has 1 aliphatic carbocycles. The van der Waals surface area contributed by atoms with Gasteiger partial charge in [0.15, 0.2) is 0 Å². The van der Waals surface area contributed by atoms with E-state index < -0.39 is 5.97 Å². The molecule has 0 amide bonds. The molecule has 2 aromatic carbocycles. The highest BCUT2D eigenvalue weighted by molar-refractivity contribution is 5.97. The first-order chi connectivity index (χ1) is 15.0. The highest BCUT2D eigenvalue weighted by Gasteiger charge is 2.26. The molecule has 5 rings (SSSR count). The maximum atomic E-state index is 11.9. The fourth-order valence-corrected chi connectivity index (χ4v) is 4.24. The molecule has 156 valence electrons. The van der Waals surface area contributed by atoms with E-state index in [1.165, 1.54) is 0 Å². The lowest BCUT2D eigenvalue weighted by Crippen LogP contribution is -2.07. The van der Waals surface area contributed by atoms with Gasteiger partial charge in [-0.3, -0.25) is 4.98 Å². The summed E-state index contributed by atoms with van der Waals surface area (Å²) in [5.41, 5.74) is 6.32. The minimum Gasteiger partial charge on any atom is -0.497 e. The molecule has 1 saturated carbocycles. The summed E-state index contributed by atoms with van der Waals surface area (Å²) in [7, 11) is 3.70. The molecule has 4 aromatic rings. The Hall–Kier alpha value is -3.60. The van der Waals surface area contributed by atoms with Crippen molar-refractivity contribution in [2.75, 3.05) is 7.11 Å². The Bertz CT molecular complexity index is 1300. The number of methoxy groups -OCH3 is 1. The maximum Gasteiger partial charge on any atom is 0.337 e. The summed E-state index contributed by atoms with van der Waals surface area (Å²) in [5, 5.41) is 10.9. The molecular weight excluding hydrogens is 388 g/mol. The number of nitrogens with zero attached hydrogens (tertiary/aromatic N) is 2. The minimum absolute atomic E-state index is 0.311. The highest BCUT2D eigenvalue weighted by atomic mass is 16.5. The van der Waals surface area contributed by atoms with Crippen LogP contribution in [0.15, 0.2) is 60.9 Å². The summed E-state index contributed by atoms with van der Waals surface area (Å²) in [6.45, 7) is 0. The number of hydrogen-bond donors (Lipinski definition) is 1. The molecule has 1 fully saturated rings. The molecule has 0 radical (unpaired) electrons. The van der Waals surface area contributed by atoms with Gasteiger partial charge in [0.25, 0.3) is 0 Å². The van der Waals surface area contributed by atoms with E-state index >= 15 is 0 Å². The van der Waals surface area contributed by atoms with Gasteiger partial charge in [-0.25, -0.2) is 4.79 Å². The quantitative estimate of drug-likeness (QED) is 0.460. The standard InChI is InChI=1S/C26H24N2O3/c1-28-15-23(18-4-3-5-20(12-18)31-2)21-10-16(6-9-25(21)28)11-24-22(26(29)30)13-19(14-27-24)17-7-8-17/h3-6,9-10,12-15,17H,7-8,11H2,1-2H3,(H,29,30). The van der Waals surface area contributed by atoms with Gasteiger partial charge in [-0.15, -0.1) is 0 Å². The third-order valence-electron chi connectivity index (χ3n) is 6.08. The van der Waals surface area contributed by atoms with Crippen LogP contribution in [0.25, 0.3) is 22.0 Å². The van der Waals surface area contributed by atoms with Gasteiger partial charge in [0.05, 0.1) is 18.4 Å². The predicted octanol–water partition coefficient (Wildman–Crippen LogP) is 5.42. The summed E-state index contributed by atoms with van der Waals surface area (Å²) in [6, 6.07) is 16.1. The second-order valence-electron chi connectivity index (χ2n) is 8.26. The summed E-state index contributed by atoms with van der Waals surface area (Å²) in [6.07, 6.45) is 6.70. The van der Waals surface area contributed by atoms with Gasteiger partial charge in [0, 0.05) is 42.3 Å².